The maximum Gasteiger partial charge on any atom is 0.304 e. The first kappa shape index (κ1) is 10.4. The Kier molecular flexibility index (Phi) is 4.52. The number of hydrogen-bond acceptors (Lipinski definition) is 2. The second-order valence-corrected chi connectivity index (χ2v) is 7.72. The van der Waals surface area contributed by atoms with Crippen molar-refractivity contribution in [2.75, 3.05) is 14.1 Å². The molecule has 0 heterocycles. The molecule has 0 amide bonds. The van der Waals surface area contributed by atoms with Crippen molar-refractivity contribution < 1.29 is 0 Å². The normalized spacial score (nSPS) is 15.3. The summed E-state index contributed by atoms with van der Waals surface area (Å²) in [6.07, 6.45) is 1.12. The second kappa shape index (κ2) is 4.33. The van der Waals surface area contributed by atoms with E-state index in [9.17, 15) is 0 Å². The maximum absolute atomic E-state index is 6.28. The van der Waals surface area contributed by atoms with Gasteiger partial charge in [-0.1, -0.05) is 20.3 Å². The molecule has 10 heavy (non-hydrogen) atoms. The van der Waals surface area contributed by atoms with Crippen LogP contribution in [0.2, 0.25) is 5.54 Å². The number of nitrogens with one attached hydrogen (secondary N) is 2. The molecule has 62 valence electrons. The summed E-state index contributed by atoms with van der Waals surface area (Å²) in [5, 5.41) is 0. The molecule has 0 saturated carbocycles. The van der Waals surface area contributed by atoms with E-state index in [1.807, 2.05) is 14.1 Å². The standard InChI is InChI=1S/C6H17ClN2Si/c1-5-6(2)10(7,8-3)9-4/h6,8-9H,5H2,1-4H3. The summed E-state index contributed by atoms with van der Waals surface area (Å²) >= 11 is 6.28. The zero-order chi connectivity index (χ0) is 8.20. The Balaban J connectivity index is 4.02. The first-order chi connectivity index (χ1) is 4.60. The average Bonchev–Trinajstić information content (AvgIpc) is 2.01. The molecule has 1 atom stereocenters. The van der Waals surface area contributed by atoms with Gasteiger partial charge in [0.15, 0.2) is 0 Å². The Bertz CT molecular complexity index is 95.7. The van der Waals surface area contributed by atoms with Gasteiger partial charge in [0.25, 0.3) is 0 Å². The van der Waals surface area contributed by atoms with Crippen LogP contribution in [0.3, 0.4) is 0 Å². The molecule has 0 fully saturated rings. The highest BCUT2D eigenvalue weighted by Gasteiger charge is 2.33. The number of halogens is 1. The lowest BCUT2D eigenvalue weighted by molar-refractivity contribution is 0.800. The summed E-state index contributed by atoms with van der Waals surface area (Å²) < 4.78 is 0. The van der Waals surface area contributed by atoms with Crippen molar-refractivity contribution in [2.24, 2.45) is 0 Å². The smallest absolute Gasteiger partial charge is 0.304 e. The fraction of sp³-hybridized carbons (Fsp3) is 1.00. The van der Waals surface area contributed by atoms with Gasteiger partial charge in [0.1, 0.15) is 0 Å². The van der Waals surface area contributed by atoms with Crippen LogP contribution >= 0.6 is 11.1 Å². The van der Waals surface area contributed by atoms with Crippen LogP contribution in [0.4, 0.5) is 0 Å². The molecule has 4 heteroatoms. The fourth-order valence-electron chi connectivity index (χ4n) is 0.899. The lowest BCUT2D eigenvalue weighted by atomic mass is 10.4. The molecule has 0 aliphatic rings. The molecule has 0 rings (SSSR count). The van der Waals surface area contributed by atoms with E-state index >= 15 is 0 Å². The monoisotopic (exact) mass is 180 g/mol. The lowest BCUT2D eigenvalue weighted by Gasteiger charge is -2.28. The Morgan fingerprint density at radius 3 is 1.90 bits per heavy atom. The maximum atomic E-state index is 6.28. The quantitative estimate of drug-likeness (QED) is 0.505. The minimum atomic E-state index is -1.83. The summed E-state index contributed by atoms with van der Waals surface area (Å²) in [4.78, 5) is 6.34. The van der Waals surface area contributed by atoms with E-state index in [-0.39, 0.29) is 0 Å². The topological polar surface area (TPSA) is 24.1 Å². The van der Waals surface area contributed by atoms with Crippen molar-refractivity contribution in [1.29, 1.82) is 0 Å². The van der Waals surface area contributed by atoms with Crippen molar-refractivity contribution in [1.82, 2.24) is 9.96 Å². The van der Waals surface area contributed by atoms with Crippen LogP contribution in [0.1, 0.15) is 20.3 Å². The van der Waals surface area contributed by atoms with E-state index < -0.39 is 7.71 Å². The van der Waals surface area contributed by atoms with E-state index in [1.165, 1.54) is 0 Å². The summed E-state index contributed by atoms with van der Waals surface area (Å²) in [7, 11) is 2.01. The molecule has 0 spiro atoms. The van der Waals surface area contributed by atoms with Gasteiger partial charge >= 0.3 is 7.71 Å². The molecule has 2 N–H and O–H groups in total. The zero-order valence-electron chi connectivity index (χ0n) is 7.16. The molecule has 1 unspecified atom stereocenters. The summed E-state index contributed by atoms with van der Waals surface area (Å²) in [6.45, 7) is 4.33. The lowest BCUT2D eigenvalue weighted by Crippen LogP contribution is -2.57. The van der Waals surface area contributed by atoms with Gasteiger partial charge in [0, 0.05) is 0 Å². The van der Waals surface area contributed by atoms with Gasteiger partial charge in [-0.05, 0) is 19.6 Å². The first-order valence-electron chi connectivity index (χ1n) is 3.67. The molecule has 0 aliphatic heterocycles. The molecular formula is C6H17ClN2Si. The molecule has 0 aliphatic carbocycles. The van der Waals surface area contributed by atoms with Crippen LogP contribution in [0.5, 0.6) is 0 Å². The largest absolute Gasteiger partial charge is 0.316 e. The summed E-state index contributed by atoms with van der Waals surface area (Å²) in [6, 6.07) is 0. The van der Waals surface area contributed by atoms with E-state index in [4.69, 9.17) is 11.1 Å². The van der Waals surface area contributed by atoms with Crippen LogP contribution < -0.4 is 9.96 Å². The van der Waals surface area contributed by atoms with Gasteiger partial charge in [-0.15, -0.1) is 11.1 Å². The van der Waals surface area contributed by atoms with E-state index in [1.54, 1.807) is 0 Å². The molecule has 0 saturated heterocycles. The van der Waals surface area contributed by atoms with Crippen molar-refractivity contribution >= 4 is 18.8 Å². The molecule has 0 aromatic heterocycles. The molecule has 2 nitrogen and oxygen atoms in total. The molecule has 0 aromatic rings. The van der Waals surface area contributed by atoms with Gasteiger partial charge in [-0.2, -0.15) is 0 Å². The Morgan fingerprint density at radius 2 is 1.80 bits per heavy atom. The summed E-state index contributed by atoms with van der Waals surface area (Å²) in [5.74, 6) is 0. The predicted octanol–water partition coefficient (Wildman–Crippen LogP) is 1.40. The highest BCUT2D eigenvalue weighted by atomic mass is 35.6. The van der Waals surface area contributed by atoms with E-state index in [0.717, 1.165) is 6.42 Å². The number of hydrogen-bond donors (Lipinski definition) is 2. The Labute approximate surface area is 69.2 Å². The average molecular weight is 181 g/mol. The van der Waals surface area contributed by atoms with Crippen LogP contribution in [0.25, 0.3) is 0 Å². The van der Waals surface area contributed by atoms with E-state index in [0.29, 0.717) is 5.54 Å². The van der Waals surface area contributed by atoms with Crippen LogP contribution in [0, 0.1) is 0 Å². The highest BCUT2D eigenvalue weighted by molar-refractivity contribution is 7.18. The van der Waals surface area contributed by atoms with Crippen LogP contribution in [-0.4, -0.2) is 21.8 Å². The minimum Gasteiger partial charge on any atom is -0.316 e. The van der Waals surface area contributed by atoms with Crippen molar-refractivity contribution in [3.05, 3.63) is 0 Å². The fourth-order valence-corrected chi connectivity index (χ4v) is 3.16. The van der Waals surface area contributed by atoms with Gasteiger partial charge in [-0.25, -0.2) is 0 Å². The third-order valence-corrected chi connectivity index (χ3v) is 7.49. The third-order valence-electron chi connectivity index (χ3n) is 2.02. The Morgan fingerprint density at radius 1 is 1.40 bits per heavy atom. The highest BCUT2D eigenvalue weighted by Crippen LogP contribution is 2.22. The molecule has 0 bridgehead atoms. The molecule has 0 radical (unpaired) electrons. The van der Waals surface area contributed by atoms with Crippen molar-refractivity contribution in [3.63, 3.8) is 0 Å². The van der Waals surface area contributed by atoms with Crippen molar-refractivity contribution in [2.45, 2.75) is 25.8 Å². The van der Waals surface area contributed by atoms with Gasteiger partial charge in [0.05, 0.1) is 0 Å². The zero-order valence-corrected chi connectivity index (χ0v) is 8.92. The SMILES string of the molecule is CCC(C)[Si](Cl)(NC)NC. The minimum absolute atomic E-state index is 0.559. The van der Waals surface area contributed by atoms with Gasteiger partial charge in [0.2, 0.25) is 0 Å². The van der Waals surface area contributed by atoms with E-state index in [2.05, 4.69) is 23.8 Å². The predicted molar refractivity (Wildman–Crippen MR) is 49.4 cm³/mol. The van der Waals surface area contributed by atoms with Gasteiger partial charge in [-0.3, -0.25) is 0 Å². The third kappa shape index (κ3) is 2.23. The van der Waals surface area contributed by atoms with Gasteiger partial charge < -0.3 is 9.96 Å². The molecule has 0 aromatic carbocycles. The van der Waals surface area contributed by atoms with Crippen LogP contribution in [-0.2, 0) is 0 Å². The second-order valence-electron chi connectivity index (χ2n) is 2.52. The first-order valence-corrected chi connectivity index (χ1v) is 6.76. The molecular weight excluding hydrogens is 164 g/mol. The Hall–Kier alpha value is 0.427. The summed E-state index contributed by atoms with van der Waals surface area (Å²) in [5.41, 5.74) is 0.559. The number of rotatable bonds is 4. The van der Waals surface area contributed by atoms with Crippen molar-refractivity contribution in [3.8, 4) is 0 Å². The van der Waals surface area contributed by atoms with Crippen LogP contribution in [0.15, 0.2) is 0 Å².